The zero-order valence-electron chi connectivity index (χ0n) is 15.6. The van der Waals surface area contributed by atoms with Crippen LogP contribution in [0.15, 0.2) is 30.4 Å². The van der Waals surface area contributed by atoms with Gasteiger partial charge < -0.3 is 10.1 Å². The zero-order valence-corrected chi connectivity index (χ0v) is 15.6. The van der Waals surface area contributed by atoms with E-state index in [1.807, 2.05) is 0 Å². The van der Waals surface area contributed by atoms with Crippen LogP contribution in [0.25, 0.3) is 0 Å². The molecule has 0 aliphatic heterocycles. The van der Waals surface area contributed by atoms with Gasteiger partial charge in [-0.1, -0.05) is 26.3 Å². The van der Waals surface area contributed by atoms with Crippen molar-refractivity contribution in [2.24, 2.45) is 5.92 Å². The summed E-state index contributed by atoms with van der Waals surface area (Å²) in [6.45, 7) is 4.12. The number of carbonyl (C=O) groups is 2. The molecule has 1 aromatic carbocycles. The van der Waals surface area contributed by atoms with Gasteiger partial charge in [-0.3, -0.25) is 4.79 Å². The summed E-state index contributed by atoms with van der Waals surface area (Å²) in [5, 5.41) is 2.53. The van der Waals surface area contributed by atoms with Crippen molar-refractivity contribution in [1.29, 1.82) is 0 Å². The molecular formula is C21H25F2NO3. The molecule has 0 aliphatic rings. The minimum absolute atomic E-state index is 0.00305. The van der Waals surface area contributed by atoms with Gasteiger partial charge in [-0.2, -0.15) is 0 Å². The third-order valence-electron chi connectivity index (χ3n) is 3.96. The Hall–Kier alpha value is -2.68. The van der Waals surface area contributed by atoms with E-state index in [0.717, 1.165) is 31.0 Å². The van der Waals surface area contributed by atoms with Gasteiger partial charge >= 0.3 is 5.97 Å². The largest absolute Gasteiger partial charge is 0.463 e. The number of benzene rings is 1. The molecule has 2 atom stereocenters. The van der Waals surface area contributed by atoms with Gasteiger partial charge in [0.25, 0.3) is 0 Å². The lowest BCUT2D eigenvalue weighted by atomic mass is 10.0. The highest BCUT2D eigenvalue weighted by Gasteiger charge is 2.22. The molecule has 1 amide bonds. The van der Waals surface area contributed by atoms with Crippen LogP contribution < -0.4 is 5.32 Å². The number of ether oxygens (including phenoxy) is 1. The molecule has 0 fully saturated rings. The van der Waals surface area contributed by atoms with Crippen LogP contribution in [0.1, 0.15) is 38.7 Å². The smallest absolute Gasteiger partial charge is 0.329 e. The average molecular weight is 377 g/mol. The van der Waals surface area contributed by atoms with Crippen molar-refractivity contribution in [3.8, 4) is 12.3 Å². The summed E-state index contributed by atoms with van der Waals surface area (Å²) in [5.74, 6) is 0.0679. The molecule has 0 aromatic heterocycles. The Morgan fingerprint density at radius 2 is 1.96 bits per heavy atom. The highest BCUT2D eigenvalue weighted by molar-refractivity contribution is 5.91. The molecule has 27 heavy (non-hydrogen) atoms. The van der Waals surface area contributed by atoms with Crippen molar-refractivity contribution in [1.82, 2.24) is 5.32 Å². The van der Waals surface area contributed by atoms with Crippen LogP contribution in [0.5, 0.6) is 0 Å². The average Bonchev–Trinajstić information content (AvgIpc) is 2.60. The lowest BCUT2D eigenvalue weighted by Gasteiger charge is -2.17. The first kappa shape index (κ1) is 22.4. The lowest BCUT2D eigenvalue weighted by Crippen LogP contribution is -2.42. The Balaban J connectivity index is 2.82. The predicted octanol–water partition coefficient (Wildman–Crippen LogP) is 3.55. The Morgan fingerprint density at radius 1 is 1.30 bits per heavy atom. The molecule has 0 radical (unpaired) electrons. The SMILES string of the molecule is C#CCCOC(=O)[C@H](Cc1cc(F)cc(F)c1)NC(=O)/C=C/CC(C)CC. The number of terminal acetylenes is 1. The summed E-state index contributed by atoms with van der Waals surface area (Å²) in [4.78, 5) is 24.3. The molecule has 0 spiro atoms. The van der Waals surface area contributed by atoms with Gasteiger partial charge in [-0.25, -0.2) is 13.6 Å². The van der Waals surface area contributed by atoms with E-state index in [1.54, 1.807) is 6.08 Å². The van der Waals surface area contributed by atoms with E-state index in [1.165, 1.54) is 6.08 Å². The fourth-order valence-electron chi connectivity index (χ4n) is 2.26. The van der Waals surface area contributed by atoms with Crippen LogP contribution in [0.4, 0.5) is 8.78 Å². The monoisotopic (exact) mass is 377 g/mol. The molecule has 6 heteroatoms. The summed E-state index contributed by atoms with van der Waals surface area (Å²) >= 11 is 0. The fraction of sp³-hybridized carbons (Fsp3) is 0.429. The zero-order chi connectivity index (χ0) is 20.2. The quantitative estimate of drug-likeness (QED) is 0.294. The van der Waals surface area contributed by atoms with E-state index < -0.39 is 29.6 Å². The van der Waals surface area contributed by atoms with Crippen molar-refractivity contribution >= 4 is 11.9 Å². The van der Waals surface area contributed by atoms with E-state index in [2.05, 4.69) is 25.1 Å². The highest BCUT2D eigenvalue weighted by Crippen LogP contribution is 2.11. The second-order valence-electron chi connectivity index (χ2n) is 6.32. The molecule has 1 N–H and O–H groups in total. The summed E-state index contributed by atoms with van der Waals surface area (Å²) in [5.41, 5.74) is 0.232. The van der Waals surface area contributed by atoms with Gasteiger partial charge in [0, 0.05) is 18.9 Å². The van der Waals surface area contributed by atoms with Gasteiger partial charge in [0.1, 0.15) is 24.3 Å². The molecule has 0 saturated heterocycles. The molecule has 4 nitrogen and oxygen atoms in total. The number of nitrogens with one attached hydrogen (secondary N) is 1. The first-order chi connectivity index (χ1) is 12.8. The molecule has 1 rings (SSSR count). The van der Waals surface area contributed by atoms with Crippen LogP contribution in [-0.4, -0.2) is 24.5 Å². The number of hydrogen-bond donors (Lipinski definition) is 1. The lowest BCUT2D eigenvalue weighted by molar-refractivity contribution is -0.147. The Morgan fingerprint density at radius 3 is 2.56 bits per heavy atom. The maximum atomic E-state index is 13.4. The third kappa shape index (κ3) is 9.00. The van der Waals surface area contributed by atoms with Crippen LogP contribution in [0.3, 0.4) is 0 Å². The summed E-state index contributed by atoms with van der Waals surface area (Å²) in [7, 11) is 0. The Bertz CT molecular complexity index is 690. The molecule has 0 bridgehead atoms. The summed E-state index contributed by atoms with van der Waals surface area (Å²) in [6.07, 6.45) is 10.0. The number of esters is 1. The molecular weight excluding hydrogens is 352 g/mol. The maximum Gasteiger partial charge on any atom is 0.329 e. The summed E-state index contributed by atoms with van der Waals surface area (Å²) < 4.78 is 31.8. The van der Waals surface area contributed by atoms with Crippen molar-refractivity contribution in [3.05, 3.63) is 47.5 Å². The maximum absolute atomic E-state index is 13.4. The number of allylic oxidation sites excluding steroid dienone is 1. The fourth-order valence-corrected chi connectivity index (χ4v) is 2.26. The minimum atomic E-state index is -1.08. The summed E-state index contributed by atoms with van der Waals surface area (Å²) in [6, 6.07) is 1.87. The van der Waals surface area contributed by atoms with Crippen LogP contribution in [-0.2, 0) is 20.7 Å². The predicted molar refractivity (Wildman–Crippen MR) is 99.6 cm³/mol. The number of carbonyl (C=O) groups excluding carboxylic acids is 2. The highest BCUT2D eigenvalue weighted by atomic mass is 19.1. The van der Waals surface area contributed by atoms with Crippen LogP contribution in [0, 0.1) is 29.9 Å². The van der Waals surface area contributed by atoms with Gasteiger partial charge in [0.2, 0.25) is 5.91 Å². The van der Waals surface area contributed by atoms with Gasteiger partial charge in [-0.05, 0) is 36.1 Å². The van der Waals surface area contributed by atoms with E-state index in [4.69, 9.17) is 11.2 Å². The van der Waals surface area contributed by atoms with Gasteiger partial charge in [0.05, 0.1) is 0 Å². The van der Waals surface area contributed by atoms with Crippen LogP contribution >= 0.6 is 0 Å². The second kappa shape index (κ2) is 11.8. The standard InChI is InChI=1S/C21H25F2NO3/c1-4-6-10-27-21(26)19(13-16-11-17(22)14-18(23)12-16)24-20(25)9-7-8-15(3)5-2/h1,7,9,11-12,14-15,19H,5-6,8,10,13H2,2-3H3,(H,24,25)/b9-7+/t15?,19-/m0/s1. The number of rotatable bonds is 10. The number of amides is 1. The first-order valence-electron chi connectivity index (χ1n) is 8.87. The van der Waals surface area contributed by atoms with Gasteiger partial charge in [0.15, 0.2) is 0 Å². The topological polar surface area (TPSA) is 55.4 Å². The van der Waals surface area contributed by atoms with Crippen LogP contribution in [0.2, 0.25) is 0 Å². The van der Waals surface area contributed by atoms with E-state index in [-0.39, 0.29) is 25.0 Å². The second-order valence-corrected chi connectivity index (χ2v) is 6.32. The third-order valence-corrected chi connectivity index (χ3v) is 3.96. The van der Waals surface area contributed by atoms with Crippen molar-refractivity contribution in [3.63, 3.8) is 0 Å². The molecule has 0 aliphatic carbocycles. The van der Waals surface area contributed by atoms with E-state index in [0.29, 0.717) is 5.92 Å². The van der Waals surface area contributed by atoms with E-state index in [9.17, 15) is 18.4 Å². The molecule has 0 heterocycles. The molecule has 1 aromatic rings. The van der Waals surface area contributed by atoms with Crippen molar-refractivity contribution in [2.45, 2.75) is 45.6 Å². The minimum Gasteiger partial charge on any atom is -0.463 e. The van der Waals surface area contributed by atoms with Crippen molar-refractivity contribution in [2.75, 3.05) is 6.61 Å². The van der Waals surface area contributed by atoms with Gasteiger partial charge in [-0.15, -0.1) is 12.3 Å². The molecule has 146 valence electrons. The molecule has 1 unspecified atom stereocenters. The Labute approximate surface area is 159 Å². The molecule has 0 saturated carbocycles. The van der Waals surface area contributed by atoms with E-state index >= 15 is 0 Å². The normalized spacial score (nSPS) is 13.0. The van der Waals surface area contributed by atoms with Crippen molar-refractivity contribution < 1.29 is 23.1 Å². The number of halogens is 2. The first-order valence-corrected chi connectivity index (χ1v) is 8.87. The number of hydrogen-bond acceptors (Lipinski definition) is 3. The Kier molecular flexibility index (Phi) is 9.81.